The minimum Gasteiger partial charge on any atom is -0.372 e. The molecule has 1 saturated heterocycles. The van der Waals surface area contributed by atoms with Crippen molar-refractivity contribution in [2.75, 3.05) is 19.6 Å². The average Bonchev–Trinajstić information content (AvgIpc) is 3.00. The predicted octanol–water partition coefficient (Wildman–Crippen LogP) is 2.32. The van der Waals surface area contributed by atoms with Crippen molar-refractivity contribution in [3.63, 3.8) is 0 Å². The molecule has 0 aliphatic carbocycles. The molecule has 1 N–H and O–H groups in total. The van der Waals surface area contributed by atoms with Crippen molar-refractivity contribution in [1.82, 2.24) is 10.2 Å². The maximum Gasteiger partial charge on any atom is 0.254 e. The van der Waals surface area contributed by atoms with Gasteiger partial charge in [0.1, 0.15) is 0 Å². The van der Waals surface area contributed by atoms with Crippen molar-refractivity contribution in [2.45, 2.75) is 45.4 Å². The largest absolute Gasteiger partial charge is 0.372 e. The van der Waals surface area contributed by atoms with Crippen LogP contribution in [0.25, 0.3) is 0 Å². The Kier molecular flexibility index (Phi) is 4.56. The SMILES string of the molecule is CCCN(C(=O)c1ccc2c(c1)COC2)C1CCCNC1. The summed E-state index contributed by atoms with van der Waals surface area (Å²) in [6.07, 6.45) is 3.25. The van der Waals surface area contributed by atoms with Gasteiger partial charge in [0, 0.05) is 24.7 Å². The van der Waals surface area contributed by atoms with Gasteiger partial charge in [-0.3, -0.25) is 4.79 Å². The van der Waals surface area contributed by atoms with E-state index in [1.807, 2.05) is 18.2 Å². The molecule has 0 radical (unpaired) electrons. The van der Waals surface area contributed by atoms with E-state index in [9.17, 15) is 4.79 Å². The smallest absolute Gasteiger partial charge is 0.254 e. The van der Waals surface area contributed by atoms with Crippen LogP contribution >= 0.6 is 0 Å². The molecule has 4 heteroatoms. The average molecular weight is 288 g/mol. The lowest BCUT2D eigenvalue weighted by atomic mass is 10.0. The highest BCUT2D eigenvalue weighted by molar-refractivity contribution is 5.94. The maximum atomic E-state index is 12.9. The van der Waals surface area contributed by atoms with Gasteiger partial charge in [0.05, 0.1) is 13.2 Å². The highest BCUT2D eigenvalue weighted by atomic mass is 16.5. The number of piperidine rings is 1. The quantitative estimate of drug-likeness (QED) is 0.924. The molecule has 1 atom stereocenters. The molecule has 2 aliphatic rings. The van der Waals surface area contributed by atoms with Crippen LogP contribution in [0.5, 0.6) is 0 Å². The number of carbonyl (C=O) groups is 1. The van der Waals surface area contributed by atoms with Gasteiger partial charge in [0.15, 0.2) is 0 Å². The number of nitrogens with one attached hydrogen (secondary N) is 1. The van der Waals surface area contributed by atoms with Gasteiger partial charge < -0.3 is 15.0 Å². The minimum absolute atomic E-state index is 0.167. The number of carbonyl (C=O) groups excluding carboxylic acids is 1. The van der Waals surface area contributed by atoms with Gasteiger partial charge in [-0.05, 0) is 49.1 Å². The highest BCUT2D eigenvalue weighted by Crippen LogP contribution is 2.23. The summed E-state index contributed by atoms with van der Waals surface area (Å²) in [5.41, 5.74) is 3.19. The summed E-state index contributed by atoms with van der Waals surface area (Å²) in [7, 11) is 0. The number of rotatable bonds is 4. The van der Waals surface area contributed by atoms with Crippen LogP contribution in [0.15, 0.2) is 18.2 Å². The summed E-state index contributed by atoms with van der Waals surface area (Å²) in [5, 5.41) is 3.41. The van der Waals surface area contributed by atoms with Gasteiger partial charge in [-0.2, -0.15) is 0 Å². The fraction of sp³-hybridized carbons (Fsp3) is 0.588. The topological polar surface area (TPSA) is 41.6 Å². The van der Waals surface area contributed by atoms with E-state index in [4.69, 9.17) is 4.74 Å². The van der Waals surface area contributed by atoms with E-state index in [-0.39, 0.29) is 5.91 Å². The Bertz CT molecular complexity index is 510. The Labute approximate surface area is 126 Å². The molecule has 1 aromatic rings. The van der Waals surface area contributed by atoms with E-state index in [1.165, 1.54) is 11.1 Å². The molecule has 1 unspecified atom stereocenters. The third kappa shape index (κ3) is 3.11. The molecule has 0 saturated carbocycles. The molecule has 0 aromatic heterocycles. The first-order valence-corrected chi connectivity index (χ1v) is 8.01. The molecule has 2 aliphatic heterocycles. The molecule has 21 heavy (non-hydrogen) atoms. The summed E-state index contributed by atoms with van der Waals surface area (Å²) < 4.78 is 5.44. The summed E-state index contributed by atoms with van der Waals surface area (Å²) in [5.74, 6) is 0.167. The molecule has 0 spiro atoms. The molecule has 2 heterocycles. The third-order valence-electron chi connectivity index (χ3n) is 4.41. The molecule has 1 amide bonds. The van der Waals surface area contributed by atoms with Crippen LogP contribution < -0.4 is 5.32 Å². The van der Waals surface area contributed by atoms with Crippen LogP contribution in [0.3, 0.4) is 0 Å². The summed E-state index contributed by atoms with van der Waals surface area (Å²) >= 11 is 0. The number of ether oxygens (including phenoxy) is 1. The third-order valence-corrected chi connectivity index (χ3v) is 4.41. The molecule has 4 nitrogen and oxygen atoms in total. The second kappa shape index (κ2) is 6.58. The van der Waals surface area contributed by atoms with Crippen LogP contribution in [0.4, 0.5) is 0 Å². The highest BCUT2D eigenvalue weighted by Gasteiger charge is 2.26. The zero-order valence-corrected chi connectivity index (χ0v) is 12.7. The molecule has 1 aromatic carbocycles. The van der Waals surface area contributed by atoms with Gasteiger partial charge in [-0.1, -0.05) is 13.0 Å². The summed E-state index contributed by atoms with van der Waals surface area (Å²) in [4.78, 5) is 15.0. The Morgan fingerprint density at radius 3 is 3.00 bits per heavy atom. The fourth-order valence-corrected chi connectivity index (χ4v) is 3.26. The van der Waals surface area contributed by atoms with Crippen molar-refractivity contribution in [2.24, 2.45) is 0 Å². The number of hydrogen-bond acceptors (Lipinski definition) is 3. The van der Waals surface area contributed by atoms with Crippen LogP contribution in [0.1, 0.15) is 47.7 Å². The zero-order valence-electron chi connectivity index (χ0n) is 12.7. The number of nitrogens with zero attached hydrogens (tertiary/aromatic N) is 1. The monoisotopic (exact) mass is 288 g/mol. The lowest BCUT2D eigenvalue weighted by Gasteiger charge is -2.34. The van der Waals surface area contributed by atoms with Crippen molar-refractivity contribution in [3.05, 3.63) is 34.9 Å². The first-order chi connectivity index (χ1) is 10.3. The summed E-state index contributed by atoms with van der Waals surface area (Å²) in [6.45, 7) is 6.26. The van der Waals surface area contributed by atoms with Gasteiger partial charge in [-0.15, -0.1) is 0 Å². The standard InChI is InChI=1S/C17H24N2O2/c1-2-8-19(16-4-3-7-18-10-16)17(20)13-5-6-14-11-21-12-15(14)9-13/h5-6,9,16,18H,2-4,7-8,10-12H2,1H3. The van der Waals surface area contributed by atoms with Crippen LogP contribution in [0, 0.1) is 0 Å². The lowest BCUT2D eigenvalue weighted by molar-refractivity contribution is 0.0649. The first kappa shape index (κ1) is 14.5. The predicted molar refractivity (Wildman–Crippen MR) is 82.2 cm³/mol. The van der Waals surface area contributed by atoms with Crippen LogP contribution in [0.2, 0.25) is 0 Å². The molecule has 3 rings (SSSR count). The molecular weight excluding hydrogens is 264 g/mol. The van der Waals surface area contributed by atoms with Gasteiger partial charge in [-0.25, -0.2) is 0 Å². The summed E-state index contributed by atoms with van der Waals surface area (Å²) in [6, 6.07) is 6.34. The number of amides is 1. The van der Waals surface area contributed by atoms with Crippen molar-refractivity contribution in [1.29, 1.82) is 0 Å². The van der Waals surface area contributed by atoms with E-state index in [1.54, 1.807) is 0 Å². The van der Waals surface area contributed by atoms with E-state index in [0.29, 0.717) is 19.3 Å². The number of benzene rings is 1. The van der Waals surface area contributed by atoms with E-state index in [0.717, 1.165) is 44.5 Å². The van der Waals surface area contributed by atoms with E-state index < -0.39 is 0 Å². The number of hydrogen-bond donors (Lipinski definition) is 1. The second-order valence-electron chi connectivity index (χ2n) is 5.98. The Balaban J connectivity index is 1.79. The van der Waals surface area contributed by atoms with Gasteiger partial charge in [0.25, 0.3) is 5.91 Å². The molecule has 114 valence electrons. The van der Waals surface area contributed by atoms with Gasteiger partial charge >= 0.3 is 0 Å². The first-order valence-electron chi connectivity index (χ1n) is 8.01. The van der Waals surface area contributed by atoms with Gasteiger partial charge in [0.2, 0.25) is 0 Å². The fourth-order valence-electron chi connectivity index (χ4n) is 3.26. The Morgan fingerprint density at radius 2 is 2.24 bits per heavy atom. The molecule has 0 bridgehead atoms. The van der Waals surface area contributed by atoms with Crippen molar-refractivity contribution < 1.29 is 9.53 Å². The molecule has 1 fully saturated rings. The number of fused-ring (bicyclic) bond motifs is 1. The molecular formula is C17H24N2O2. The van der Waals surface area contributed by atoms with Crippen LogP contribution in [-0.4, -0.2) is 36.5 Å². The maximum absolute atomic E-state index is 12.9. The Morgan fingerprint density at radius 1 is 1.38 bits per heavy atom. The minimum atomic E-state index is 0.167. The zero-order chi connectivity index (χ0) is 14.7. The van der Waals surface area contributed by atoms with E-state index in [2.05, 4.69) is 17.1 Å². The van der Waals surface area contributed by atoms with Crippen molar-refractivity contribution >= 4 is 5.91 Å². The Hall–Kier alpha value is -1.39. The van der Waals surface area contributed by atoms with Crippen LogP contribution in [-0.2, 0) is 18.0 Å². The van der Waals surface area contributed by atoms with E-state index >= 15 is 0 Å². The normalized spacial score (nSPS) is 21.1. The second-order valence-corrected chi connectivity index (χ2v) is 5.98. The lowest BCUT2D eigenvalue weighted by Crippen LogP contribution is -2.49. The van der Waals surface area contributed by atoms with Crippen molar-refractivity contribution in [3.8, 4) is 0 Å².